The summed E-state index contributed by atoms with van der Waals surface area (Å²) in [5.74, 6) is -19.1. The molecule has 0 saturated carbocycles. The van der Waals surface area contributed by atoms with Crippen molar-refractivity contribution in [3.05, 3.63) is 69.4 Å². The van der Waals surface area contributed by atoms with Gasteiger partial charge in [-0.1, -0.05) is 77.7 Å². The van der Waals surface area contributed by atoms with Crippen LogP contribution >= 0.6 is 63.6 Å². The van der Waals surface area contributed by atoms with E-state index in [1.165, 1.54) is 0 Å². The molecular formula is C27H14F26S6. The van der Waals surface area contributed by atoms with E-state index in [-0.39, 0.29) is 12.1 Å². The predicted molar refractivity (Wildman–Crippen MR) is 176 cm³/mol. The summed E-state index contributed by atoms with van der Waals surface area (Å²) >= 11 is -0.804. The van der Waals surface area contributed by atoms with Crippen molar-refractivity contribution in [1.29, 1.82) is 0 Å². The SMILES string of the molecule is Cc1sc(-c2cc(S(F)(F)(F)(F)F)cc(S(F)(F)(F)(F)F)c2)cc1C1=C(c2cc(-c3cc(S(F)(F)(F)(F)F)cc(S(F)(F)(F)(F)F)c3)sc2C)C(F)(F)C(F)(F)C1(F)F. The van der Waals surface area contributed by atoms with Crippen LogP contribution in [-0.2, 0) is 0 Å². The van der Waals surface area contributed by atoms with Crippen LogP contribution in [0.25, 0.3) is 32.0 Å². The average molecular weight is 1020 g/mol. The molecule has 32 heteroatoms. The van der Waals surface area contributed by atoms with Crippen molar-refractivity contribution in [1.82, 2.24) is 0 Å². The first-order valence-electron chi connectivity index (χ1n) is 14.2. The van der Waals surface area contributed by atoms with Gasteiger partial charge in [0.05, 0.1) is 0 Å². The zero-order valence-electron chi connectivity index (χ0n) is 27.4. The number of halogens is 26. The quantitative estimate of drug-likeness (QED) is 0.154. The lowest BCUT2D eigenvalue weighted by atomic mass is 9.94. The minimum atomic E-state index is -11.4. The van der Waals surface area contributed by atoms with Crippen LogP contribution in [0.3, 0.4) is 0 Å². The predicted octanol–water partition coefficient (Wildman–Crippen LogP) is 20.2. The number of rotatable bonds is 8. The molecule has 59 heavy (non-hydrogen) atoms. The number of hydrogen-bond acceptors (Lipinski definition) is 2. The number of aryl methyl sites for hydroxylation is 2. The first-order valence-corrected chi connectivity index (χ1v) is 23.7. The molecule has 0 atom stereocenters. The minimum absolute atomic E-state index is 0.192. The third kappa shape index (κ3) is 8.53. The second-order valence-electron chi connectivity index (χ2n) is 12.9. The van der Waals surface area contributed by atoms with Crippen molar-refractivity contribution in [3.63, 3.8) is 0 Å². The van der Waals surface area contributed by atoms with Crippen LogP contribution in [-0.4, -0.2) is 17.8 Å². The van der Waals surface area contributed by atoms with E-state index < -0.39 is 190 Å². The Kier molecular flexibility index (Phi) is 8.01. The molecule has 2 aromatic carbocycles. The Morgan fingerprint density at radius 3 is 0.780 bits per heavy atom. The molecule has 4 aromatic rings. The van der Waals surface area contributed by atoms with Crippen LogP contribution in [0, 0.1) is 13.8 Å². The zero-order chi connectivity index (χ0) is 46.3. The highest BCUT2D eigenvalue weighted by Gasteiger charge is 2.81. The second-order valence-corrected chi connectivity index (χ2v) is 25.0. The summed E-state index contributed by atoms with van der Waals surface area (Å²) < 4.78 is 365. The maximum absolute atomic E-state index is 15.6. The normalized spacial score (nSPS) is 22.3. The lowest BCUT2D eigenvalue weighted by Crippen LogP contribution is -2.48. The van der Waals surface area contributed by atoms with Gasteiger partial charge in [-0.3, -0.25) is 0 Å². The number of thiophene rings is 2. The van der Waals surface area contributed by atoms with E-state index in [4.69, 9.17) is 0 Å². The van der Waals surface area contributed by atoms with Gasteiger partial charge in [-0.05, 0) is 84.6 Å². The van der Waals surface area contributed by atoms with Crippen LogP contribution in [0.1, 0.15) is 20.9 Å². The van der Waals surface area contributed by atoms with Crippen LogP contribution < -0.4 is 0 Å². The average Bonchev–Trinajstić information content (AvgIpc) is 3.54. The fourth-order valence-corrected chi connectivity index (χ4v) is 10.5. The molecule has 1 aliphatic rings. The van der Waals surface area contributed by atoms with Gasteiger partial charge in [-0.25, -0.2) is 0 Å². The Morgan fingerprint density at radius 1 is 0.356 bits per heavy atom. The van der Waals surface area contributed by atoms with Gasteiger partial charge in [-0.2, -0.15) is 26.3 Å². The number of allylic oxidation sites excluding steroid dienone is 2. The van der Waals surface area contributed by atoms with E-state index in [1.54, 1.807) is 0 Å². The van der Waals surface area contributed by atoms with Crippen LogP contribution in [0.4, 0.5) is 104 Å². The molecule has 5 rings (SSSR count). The van der Waals surface area contributed by atoms with Gasteiger partial charge in [0.1, 0.15) is 19.6 Å². The smallest absolute Gasteiger partial charge is 0.194 e. The van der Waals surface area contributed by atoms with Gasteiger partial charge in [0.15, 0.2) is 0 Å². The summed E-state index contributed by atoms with van der Waals surface area (Å²) in [6, 6.07) is -7.35. The summed E-state index contributed by atoms with van der Waals surface area (Å²) in [7, 11) is -45.5. The Hall–Kier alpha value is -2.84. The summed E-state index contributed by atoms with van der Waals surface area (Å²) in [6.45, 7) is 0.940. The van der Waals surface area contributed by atoms with Crippen molar-refractivity contribution < 1.29 is 104 Å². The van der Waals surface area contributed by atoms with Crippen molar-refractivity contribution in [2.24, 2.45) is 0 Å². The van der Waals surface area contributed by atoms with Gasteiger partial charge >= 0.3 is 58.7 Å². The largest absolute Gasteiger partial charge is 0.380 e. The molecule has 0 fully saturated rings. The molecule has 0 unspecified atom stereocenters. The molecule has 0 spiro atoms. The highest BCUT2D eigenvalue weighted by Crippen LogP contribution is 3.06. The molecule has 0 saturated heterocycles. The molecule has 0 bridgehead atoms. The second kappa shape index (κ2) is 10.0. The van der Waals surface area contributed by atoms with Crippen molar-refractivity contribution in [2.75, 3.05) is 0 Å². The minimum Gasteiger partial charge on any atom is -0.194 e. The Morgan fingerprint density at radius 2 is 0.576 bits per heavy atom. The van der Waals surface area contributed by atoms with Crippen molar-refractivity contribution in [3.8, 4) is 20.9 Å². The highest BCUT2D eigenvalue weighted by molar-refractivity contribution is 8.47. The van der Waals surface area contributed by atoms with Gasteiger partial charge in [0.2, 0.25) is 0 Å². The lowest BCUT2D eigenvalue weighted by molar-refractivity contribution is -0.254. The maximum atomic E-state index is 15.6. The highest BCUT2D eigenvalue weighted by atomic mass is 32.5. The molecule has 1 aliphatic carbocycles. The molecule has 0 radical (unpaired) electrons. The molecule has 0 nitrogen and oxygen atoms in total. The first kappa shape index (κ1) is 47.2. The van der Waals surface area contributed by atoms with Gasteiger partial charge < -0.3 is 0 Å². The van der Waals surface area contributed by atoms with Crippen LogP contribution in [0.15, 0.2) is 68.1 Å². The molecule has 2 aromatic heterocycles. The summed E-state index contributed by atoms with van der Waals surface area (Å²) in [5.41, 5.74) is -12.6. The third-order valence-electron chi connectivity index (χ3n) is 8.15. The number of hydrogen-bond donors (Lipinski definition) is 0. The third-order valence-corrected chi connectivity index (χ3v) is 14.9. The van der Waals surface area contributed by atoms with E-state index >= 15 is 26.3 Å². The maximum Gasteiger partial charge on any atom is 0.380 e. The van der Waals surface area contributed by atoms with Crippen molar-refractivity contribution >= 4 is 74.7 Å². The van der Waals surface area contributed by atoms with Crippen LogP contribution in [0.5, 0.6) is 0 Å². The summed E-state index contributed by atoms with van der Waals surface area (Å²) in [6.07, 6.45) is 0. The first-order chi connectivity index (χ1) is 24.8. The van der Waals surface area contributed by atoms with E-state index in [0.29, 0.717) is 13.8 Å². The van der Waals surface area contributed by atoms with E-state index in [9.17, 15) is 77.7 Å². The topological polar surface area (TPSA) is 0 Å². The molecule has 0 aliphatic heterocycles. The Bertz CT molecular complexity index is 2280. The molecule has 0 N–H and O–H groups in total. The number of alkyl halides is 6. The van der Waals surface area contributed by atoms with Gasteiger partial charge in [-0.15, -0.1) is 22.7 Å². The van der Waals surface area contributed by atoms with Gasteiger partial charge in [0, 0.05) is 30.7 Å². The van der Waals surface area contributed by atoms with E-state index in [1.807, 2.05) is 0 Å². The molecule has 340 valence electrons. The zero-order valence-corrected chi connectivity index (χ0v) is 32.3. The Balaban J connectivity index is 1.87. The van der Waals surface area contributed by atoms with Crippen molar-refractivity contribution in [2.45, 2.75) is 51.2 Å². The number of benzene rings is 2. The summed E-state index contributed by atoms with van der Waals surface area (Å²) in [5, 5.41) is 0. The standard InChI is InChI=1S/C27H14F26S6/c1-11-19(9-21(54-11)13-3-15(56(34,35,36,37)38)7-16(4-13)57(39,40,41,42)43)23-24(26(30,31)27(32,33)25(23,28)29)20-10-22(55-12(20)2)14-5-17(58(44,45,46,47)48)8-18(6-14)59(49,50,51,52)53/h3-10H,1-2H3. The molecule has 0 amide bonds. The van der Waals surface area contributed by atoms with Gasteiger partial charge in [0.25, 0.3) is 0 Å². The van der Waals surface area contributed by atoms with Crippen LogP contribution in [0.2, 0.25) is 0 Å². The fourth-order valence-electron chi connectivity index (χ4n) is 5.50. The van der Waals surface area contributed by atoms with E-state index in [2.05, 4.69) is 0 Å². The summed E-state index contributed by atoms with van der Waals surface area (Å²) in [4.78, 5) is -19.7. The fraction of sp³-hybridized carbons (Fsp3) is 0.185. The van der Waals surface area contributed by atoms with E-state index in [0.717, 1.165) is 0 Å². The monoisotopic (exact) mass is 1020 g/mol. The Labute approximate surface area is 319 Å². The molecular weight excluding hydrogens is 1010 g/mol. The lowest BCUT2D eigenvalue weighted by Gasteiger charge is -2.44. The molecule has 2 heterocycles.